The third kappa shape index (κ3) is 8.91. The van der Waals surface area contributed by atoms with Crippen LogP contribution in [0.15, 0.2) is 23.3 Å². The molecule has 1 aromatic rings. The summed E-state index contributed by atoms with van der Waals surface area (Å²) in [4.78, 5) is 11.1. The molecule has 1 heterocycles. The summed E-state index contributed by atoms with van der Waals surface area (Å²) in [7, 11) is 0. The van der Waals surface area contributed by atoms with Crippen molar-refractivity contribution in [1.82, 2.24) is 4.57 Å². The van der Waals surface area contributed by atoms with Crippen molar-refractivity contribution >= 4 is 0 Å². The Hall–Kier alpha value is -1.25. The van der Waals surface area contributed by atoms with Crippen LogP contribution in [-0.4, -0.2) is 9.67 Å². The number of pyridine rings is 1. The van der Waals surface area contributed by atoms with Gasteiger partial charge in [0.2, 0.25) is 5.43 Å². The summed E-state index contributed by atoms with van der Waals surface area (Å²) in [5.41, 5.74) is -0.300. The van der Waals surface area contributed by atoms with Crippen molar-refractivity contribution in [1.29, 1.82) is 0 Å². The zero-order chi connectivity index (χ0) is 16.0. The highest BCUT2D eigenvalue weighted by molar-refractivity contribution is 5.14. The van der Waals surface area contributed by atoms with Crippen molar-refractivity contribution in [2.75, 3.05) is 0 Å². The molecule has 0 radical (unpaired) electrons. The molecule has 1 aromatic heterocycles. The van der Waals surface area contributed by atoms with E-state index in [1.54, 1.807) is 6.20 Å². The largest absolute Gasteiger partial charge is 0.503 e. The highest BCUT2D eigenvalue weighted by Gasteiger charge is 1.97. The molecular formula is C19H33NO2. The zero-order valence-corrected chi connectivity index (χ0v) is 14.2. The number of aryl methyl sites for hydroxylation is 1. The summed E-state index contributed by atoms with van der Waals surface area (Å²) in [6, 6.07) is 1.43. The third-order valence-electron chi connectivity index (χ3n) is 4.23. The van der Waals surface area contributed by atoms with Gasteiger partial charge in [0.25, 0.3) is 0 Å². The van der Waals surface area contributed by atoms with Crippen LogP contribution in [0.5, 0.6) is 5.75 Å². The maximum Gasteiger partial charge on any atom is 0.223 e. The molecule has 0 spiro atoms. The number of rotatable bonds is 13. The summed E-state index contributed by atoms with van der Waals surface area (Å²) < 4.78 is 1.90. The minimum Gasteiger partial charge on any atom is -0.503 e. The quantitative estimate of drug-likeness (QED) is 0.505. The lowest BCUT2D eigenvalue weighted by Gasteiger charge is -2.06. The number of nitrogens with zero attached hydrogens (tertiary/aromatic N) is 1. The predicted molar refractivity (Wildman–Crippen MR) is 93.4 cm³/mol. The van der Waals surface area contributed by atoms with E-state index in [0.29, 0.717) is 0 Å². The van der Waals surface area contributed by atoms with E-state index in [1.165, 1.54) is 82.9 Å². The van der Waals surface area contributed by atoms with Crippen LogP contribution in [0.2, 0.25) is 0 Å². The molecule has 0 fully saturated rings. The molecule has 1 rings (SSSR count). The van der Waals surface area contributed by atoms with Crippen molar-refractivity contribution in [2.45, 2.75) is 90.5 Å². The van der Waals surface area contributed by atoms with Crippen LogP contribution in [-0.2, 0) is 6.54 Å². The number of hydrogen-bond acceptors (Lipinski definition) is 2. The number of aromatic hydroxyl groups is 1. The summed E-state index contributed by atoms with van der Waals surface area (Å²) in [6.07, 6.45) is 19.4. The van der Waals surface area contributed by atoms with E-state index >= 15 is 0 Å². The monoisotopic (exact) mass is 307 g/mol. The highest BCUT2D eigenvalue weighted by Crippen LogP contribution is 2.12. The average molecular weight is 307 g/mol. The first-order valence-corrected chi connectivity index (χ1v) is 9.13. The van der Waals surface area contributed by atoms with Gasteiger partial charge in [0.1, 0.15) is 0 Å². The Morgan fingerprint density at radius 1 is 0.864 bits per heavy atom. The maximum absolute atomic E-state index is 11.1. The van der Waals surface area contributed by atoms with E-state index in [2.05, 4.69) is 6.92 Å². The van der Waals surface area contributed by atoms with Gasteiger partial charge in [0.15, 0.2) is 5.75 Å². The van der Waals surface area contributed by atoms with Crippen molar-refractivity contribution in [3.05, 3.63) is 28.7 Å². The smallest absolute Gasteiger partial charge is 0.223 e. The molecule has 22 heavy (non-hydrogen) atoms. The van der Waals surface area contributed by atoms with Gasteiger partial charge >= 0.3 is 0 Å². The van der Waals surface area contributed by atoms with Crippen LogP contribution in [0.25, 0.3) is 0 Å². The van der Waals surface area contributed by atoms with Gasteiger partial charge in [-0.3, -0.25) is 4.79 Å². The van der Waals surface area contributed by atoms with Crippen molar-refractivity contribution in [3.8, 4) is 5.75 Å². The summed E-state index contributed by atoms with van der Waals surface area (Å²) >= 11 is 0. The number of unbranched alkanes of at least 4 members (excludes halogenated alkanes) is 11. The van der Waals surface area contributed by atoms with Gasteiger partial charge in [-0.15, -0.1) is 0 Å². The summed E-state index contributed by atoms with van der Waals surface area (Å²) in [5.74, 6) is -0.151. The molecule has 0 saturated heterocycles. The van der Waals surface area contributed by atoms with Gasteiger partial charge < -0.3 is 9.67 Å². The average Bonchev–Trinajstić information content (AvgIpc) is 2.52. The molecule has 0 atom stereocenters. The number of hydrogen-bond donors (Lipinski definition) is 1. The molecule has 0 aliphatic rings. The Labute approximate surface area is 135 Å². The fraction of sp³-hybridized carbons (Fsp3) is 0.737. The van der Waals surface area contributed by atoms with Gasteiger partial charge in [-0.25, -0.2) is 0 Å². The second-order valence-corrected chi connectivity index (χ2v) is 6.32. The van der Waals surface area contributed by atoms with Crippen LogP contribution in [0.3, 0.4) is 0 Å². The van der Waals surface area contributed by atoms with E-state index in [1.807, 2.05) is 4.57 Å². The lowest BCUT2D eigenvalue weighted by Crippen LogP contribution is -2.05. The second-order valence-electron chi connectivity index (χ2n) is 6.32. The predicted octanol–water partition coefficient (Wildman–Crippen LogP) is 5.26. The van der Waals surface area contributed by atoms with Gasteiger partial charge in [-0.1, -0.05) is 77.6 Å². The minimum absolute atomic E-state index is 0.151. The van der Waals surface area contributed by atoms with Crippen LogP contribution < -0.4 is 5.43 Å². The van der Waals surface area contributed by atoms with Crippen molar-refractivity contribution < 1.29 is 5.11 Å². The zero-order valence-electron chi connectivity index (χ0n) is 14.2. The van der Waals surface area contributed by atoms with Gasteiger partial charge in [0.05, 0.1) is 0 Å². The molecule has 0 saturated carbocycles. The van der Waals surface area contributed by atoms with Gasteiger partial charge in [-0.2, -0.15) is 0 Å². The molecule has 1 N–H and O–H groups in total. The molecule has 0 amide bonds. The van der Waals surface area contributed by atoms with Crippen LogP contribution in [0.1, 0.15) is 84.0 Å². The Bertz CT molecular complexity index is 439. The lowest BCUT2D eigenvalue weighted by molar-refractivity contribution is 0.457. The molecule has 0 aromatic carbocycles. The highest BCUT2D eigenvalue weighted by atomic mass is 16.3. The fourth-order valence-electron chi connectivity index (χ4n) is 2.79. The minimum atomic E-state index is -0.300. The first-order chi connectivity index (χ1) is 10.7. The Morgan fingerprint density at radius 3 is 1.86 bits per heavy atom. The standard InChI is InChI=1S/C19H33NO2/c1-2-3-4-5-6-7-8-9-10-11-12-13-15-20-16-14-18(21)19(22)17-20/h14,16-17,22H,2-13,15H2,1H3. The Balaban J connectivity index is 1.89. The maximum atomic E-state index is 11.1. The summed E-state index contributed by atoms with van der Waals surface area (Å²) in [5, 5.41) is 9.36. The van der Waals surface area contributed by atoms with Crippen LogP contribution >= 0.6 is 0 Å². The molecule has 0 aliphatic carbocycles. The summed E-state index contributed by atoms with van der Waals surface area (Å²) in [6.45, 7) is 3.14. The van der Waals surface area contributed by atoms with Crippen LogP contribution in [0, 0.1) is 0 Å². The van der Waals surface area contributed by atoms with E-state index in [-0.39, 0.29) is 11.2 Å². The molecule has 0 bridgehead atoms. The molecular weight excluding hydrogens is 274 g/mol. The third-order valence-corrected chi connectivity index (χ3v) is 4.23. The SMILES string of the molecule is CCCCCCCCCCCCCCn1ccc(=O)c(O)c1. The topological polar surface area (TPSA) is 42.2 Å². The first-order valence-electron chi connectivity index (χ1n) is 9.13. The Morgan fingerprint density at radius 2 is 1.36 bits per heavy atom. The molecule has 126 valence electrons. The first kappa shape index (κ1) is 18.8. The molecule has 3 heteroatoms. The van der Waals surface area contributed by atoms with E-state index in [0.717, 1.165) is 13.0 Å². The second kappa shape index (κ2) is 12.3. The number of aromatic nitrogens is 1. The van der Waals surface area contributed by atoms with Crippen molar-refractivity contribution in [2.24, 2.45) is 0 Å². The van der Waals surface area contributed by atoms with E-state index in [9.17, 15) is 9.90 Å². The Kier molecular flexibility index (Phi) is 10.5. The normalized spacial score (nSPS) is 11.0. The van der Waals surface area contributed by atoms with E-state index in [4.69, 9.17) is 0 Å². The van der Waals surface area contributed by atoms with Crippen molar-refractivity contribution in [3.63, 3.8) is 0 Å². The fourth-order valence-corrected chi connectivity index (χ4v) is 2.79. The van der Waals surface area contributed by atoms with E-state index < -0.39 is 0 Å². The van der Waals surface area contributed by atoms with Gasteiger partial charge in [-0.05, 0) is 6.42 Å². The van der Waals surface area contributed by atoms with Crippen LogP contribution in [0.4, 0.5) is 0 Å². The molecule has 0 unspecified atom stereocenters. The molecule has 0 aliphatic heterocycles. The molecule has 3 nitrogen and oxygen atoms in total. The lowest BCUT2D eigenvalue weighted by atomic mass is 10.1. The van der Waals surface area contributed by atoms with Gasteiger partial charge in [0, 0.05) is 25.0 Å².